The van der Waals surface area contributed by atoms with Gasteiger partial charge in [-0.25, -0.2) is 9.18 Å². The number of esters is 1. The zero-order valence-corrected chi connectivity index (χ0v) is 56.5. The predicted molar refractivity (Wildman–Crippen MR) is 347 cm³/mol. The van der Waals surface area contributed by atoms with Crippen LogP contribution < -0.4 is 37.6 Å². The molecule has 516 valence electrons. The number of ether oxygens (including phenoxy) is 1. The van der Waals surface area contributed by atoms with Crippen LogP contribution in [0, 0.1) is 59.2 Å². The summed E-state index contributed by atoms with van der Waals surface area (Å²) in [5.74, 6) is -17.1. The summed E-state index contributed by atoms with van der Waals surface area (Å²) in [6.45, 7) is 18.2. The van der Waals surface area contributed by atoms with Gasteiger partial charge in [0.1, 0.15) is 23.7 Å². The van der Waals surface area contributed by atoms with Crippen LogP contribution in [-0.4, -0.2) is 142 Å². The molecule has 0 aromatic heterocycles. The van der Waals surface area contributed by atoms with Crippen LogP contribution in [-0.2, 0) is 68.7 Å². The van der Waals surface area contributed by atoms with Gasteiger partial charge >= 0.3 is 5.97 Å². The van der Waals surface area contributed by atoms with E-state index < -0.39 is 205 Å². The van der Waals surface area contributed by atoms with Crippen LogP contribution in [0.15, 0.2) is 54.6 Å². The van der Waals surface area contributed by atoms with Crippen LogP contribution in [0.25, 0.3) is 11.1 Å². The van der Waals surface area contributed by atoms with Crippen molar-refractivity contribution in [1.29, 1.82) is 0 Å². The molecule has 1 saturated carbocycles. The van der Waals surface area contributed by atoms with E-state index in [1.807, 2.05) is 68.4 Å². The Labute approximate surface area is 547 Å². The molecule has 3 unspecified atom stereocenters. The van der Waals surface area contributed by atoms with Gasteiger partial charge < -0.3 is 52.6 Å². The van der Waals surface area contributed by atoms with Crippen LogP contribution in [0.4, 0.5) is 4.39 Å². The third-order valence-electron chi connectivity index (χ3n) is 19.3. The second kappa shape index (κ2) is 37.0. The van der Waals surface area contributed by atoms with Gasteiger partial charge in [-0.1, -0.05) is 150 Å². The fourth-order valence-electron chi connectivity index (χ4n) is 11.9. The van der Waals surface area contributed by atoms with Gasteiger partial charge in [0.2, 0.25) is 41.4 Å². The molecule has 1 saturated heterocycles. The van der Waals surface area contributed by atoms with E-state index in [0.29, 0.717) is 38.5 Å². The second-order valence-corrected chi connectivity index (χ2v) is 26.4. The number of primary amides is 1. The summed E-state index contributed by atoms with van der Waals surface area (Å²) in [4.78, 5) is 168. The fraction of sp³-hybridized carbons (Fsp3) is 0.657. The molecule has 2 aromatic carbocycles. The quantitative estimate of drug-likeness (QED) is 0.0371. The molecule has 22 nitrogen and oxygen atoms in total. The number of aliphatic hydroxyl groups excluding tert-OH is 2. The van der Waals surface area contributed by atoms with Crippen molar-refractivity contribution in [2.75, 3.05) is 13.2 Å². The highest BCUT2D eigenvalue weighted by molar-refractivity contribution is 6.01. The van der Waals surface area contributed by atoms with E-state index in [1.165, 1.54) is 20.8 Å². The molecule has 1 aliphatic carbocycles. The minimum atomic E-state index is -1.63. The minimum absolute atomic E-state index is 0.0482. The molecular formula is C70H104FN7O15. The first kappa shape index (κ1) is 78.2. The third-order valence-corrected chi connectivity index (χ3v) is 19.3. The number of hydrogen-bond donors (Lipinski definition) is 9. The first-order chi connectivity index (χ1) is 43.9. The van der Waals surface area contributed by atoms with Crippen molar-refractivity contribution in [3.8, 4) is 11.1 Å². The Bertz CT molecular complexity index is 2910. The van der Waals surface area contributed by atoms with Crippen LogP contribution in [0.3, 0.4) is 0 Å². The van der Waals surface area contributed by atoms with E-state index >= 15 is 0 Å². The lowest BCUT2D eigenvalue weighted by atomic mass is 9.83. The van der Waals surface area contributed by atoms with Gasteiger partial charge in [-0.3, -0.25) is 52.7 Å². The molecule has 0 bridgehead atoms. The van der Waals surface area contributed by atoms with Gasteiger partial charge in [-0.15, -0.1) is 0 Å². The Balaban J connectivity index is 1.51. The number of Topliss-reactive ketones (excluding diaryl/α,β-unsaturated/α-hetero) is 4. The maximum absolute atomic E-state index is 14.6. The van der Waals surface area contributed by atoms with Crippen LogP contribution in [0.2, 0.25) is 0 Å². The van der Waals surface area contributed by atoms with Crippen LogP contribution in [0.5, 0.6) is 0 Å². The Morgan fingerprint density at radius 2 is 1.20 bits per heavy atom. The van der Waals surface area contributed by atoms with E-state index in [9.17, 15) is 72.1 Å². The number of aliphatic hydroxyl groups is 2. The number of nitrogens with one attached hydrogen (secondary N) is 6. The molecule has 93 heavy (non-hydrogen) atoms. The highest BCUT2D eigenvalue weighted by Gasteiger charge is 2.62. The molecule has 10 N–H and O–H groups in total. The largest absolute Gasteiger partial charge is 0.458 e. The number of rotatable bonds is 36. The molecule has 1 spiro atoms. The Morgan fingerprint density at radius 3 is 1.72 bits per heavy atom. The third kappa shape index (κ3) is 22.2. The van der Waals surface area contributed by atoms with Crippen molar-refractivity contribution in [3.63, 3.8) is 0 Å². The monoisotopic (exact) mass is 1300 g/mol. The molecule has 23 heteroatoms. The van der Waals surface area contributed by atoms with Crippen molar-refractivity contribution in [3.05, 3.63) is 60.2 Å². The molecular weight excluding hydrogens is 1200 g/mol. The zero-order valence-electron chi connectivity index (χ0n) is 56.5. The number of carbonyl (C=O) groups excluding carboxylic acids is 12. The normalized spacial score (nSPS) is 23.2. The molecule has 2 aliphatic rings. The predicted octanol–water partition coefficient (Wildman–Crippen LogP) is 5.67. The van der Waals surface area contributed by atoms with Crippen LogP contribution >= 0.6 is 0 Å². The molecule has 2 aromatic rings. The molecule has 1 aliphatic heterocycles. The van der Waals surface area contributed by atoms with Crippen molar-refractivity contribution < 1.29 is 76.9 Å². The van der Waals surface area contributed by atoms with Crippen molar-refractivity contribution in [2.45, 2.75) is 221 Å². The summed E-state index contributed by atoms with van der Waals surface area (Å²) < 4.78 is 20.0. The number of amides is 7. The summed E-state index contributed by atoms with van der Waals surface area (Å²) >= 11 is 0. The number of hydrogen-bond acceptors (Lipinski definition) is 15. The smallest absolute Gasteiger partial charge is 0.329 e. The van der Waals surface area contributed by atoms with E-state index in [4.69, 9.17) is 10.5 Å². The van der Waals surface area contributed by atoms with E-state index in [1.54, 1.807) is 48.5 Å². The summed E-state index contributed by atoms with van der Waals surface area (Å²) in [6, 6.07) is 11.1. The lowest BCUT2D eigenvalue weighted by Crippen LogP contribution is -2.57. The Hall–Kier alpha value is -7.27. The lowest BCUT2D eigenvalue weighted by Gasteiger charge is -2.30. The Morgan fingerprint density at radius 1 is 0.667 bits per heavy atom. The van der Waals surface area contributed by atoms with Crippen molar-refractivity contribution in [2.24, 2.45) is 64.9 Å². The maximum atomic E-state index is 14.6. The summed E-state index contributed by atoms with van der Waals surface area (Å²) in [5.41, 5.74) is 6.98. The number of cyclic esters (lactones) is 1. The molecule has 18 atom stereocenters. The van der Waals surface area contributed by atoms with E-state index in [0.717, 1.165) is 16.7 Å². The van der Waals surface area contributed by atoms with Gasteiger partial charge in [0, 0.05) is 49.9 Å². The maximum Gasteiger partial charge on any atom is 0.329 e. The van der Waals surface area contributed by atoms with Gasteiger partial charge in [-0.05, 0) is 92.2 Å². The topological polar surface area (TPSA) is 353 Å². The molecule has 1 heterocycles. The number of alkyl halides is 1. The molecule has 7 amide bonds. The van der Waals surface area contributed by atoms with Gasteiger partial charge in [0.15, 0.2) is 23.1 Å². The highest BCUT2D eigenvalue weighted by Crippen LogP contribution is 2.48. The first-order valence-electron chi connectivity index (χ1n) is 33.4. The highest BCUT2D eigenvalue weighted by atomic mass is 19.1. The lowest BCUT2D eigenvalue weighted by molar-refractivity contribution is -0.157. The number of carbonyl (C=O) groups is 12. The second-order valence-electron chi connectivity index (χ2n) is 26.4. The van der Waals surface area contributed by atoms with Crippen LogP contribution in [0.1, 0.15) is 172 Å². The number of halogens is 1. The minimum Gasteiger partial charge on any atom is -0.458 e. The average Bonchev–Trinajstić information content (AvgIpc) is 1.58. The average molecular weight is 1300 g/mol. The standard InChI is InChI=1S/C70H104FN7O15/c1-13-38(6)52(34-54(81)53(27-28-58(72)85)73-65(88)49(36-79)32-56(83)59(39(7)14-2)74-64(87)46(17-5)31-45-23-25-48(26-24-45)47-21-19-18-20-22-47)67(90)75-60(40(8)15-3)57(84)33-50(37-80)66(89)76-62-44(12)93-68(91)61(41(9)16-4)77-69(92)70(35-51(70)30-43(11)71)78-63(86)42(10)29-55(62)82/h18-26,38-44,46,49-53,59-62,79-80H,13-17,27-37H2,1-12H3,(H2,72,85)(H,73,88)(H,74,87)(H,75,90)(H,76,89)(H,77,92)(H,78,86)/t38-,39-,40-,41-,42+,43?,44-,46+,49-,50-,51?,52+,53+,59-,60-,61-,62+,70?/m0/s1. The fourth-order valence-corrected chi connectivity index (χ4v) is 11.9. The van der Waals surface area contributed by atoms with Crippen molar-refractivity contribution in [1.82, 2.24) is 31.9 Å². The van der Waals surface area contributed by atoms with E-state index in [2.05, 4.69) is 31.9 Å². The van der Waals surface area contributed by atoms with Crippen molar-refractivity contribution >= 4 is 70.5 Å². The zero-order chi connectivity index (χ0) is 69.6. The van der Waals surface area contributed by atoms with Gasteiger partial charge in [0.25, 0.3) is 0 Å². The summed E-state index contributed by atoms with van der Waals surface area (Å²) in [7, 11) is 0. The first-order valence-corrected chi connectivity index (χ1v) is 33.4. The number of nitrogens with two attached hydrogens (primary N) is 1. The summed E-state index contributed by atoms with van der Waals surface area (Å²) in [6.07, 6.45) is -3.17. The van der Waals surface area contributed by atoms with Gasteiger partial charge in [-0.2, -0.15) is 0 Å². The SMILES string of the molecule is CC[C@H](Cc1ccc(-c2ccccc2)cc1)C(=O)N[C@H](C(=O)C[C@@H](CO)C(=O)N[C@H](CCC(N)=O)C(=O)C[C@@H](C(=O)N[C@H](C(=O)C[C@@H](CO)C(=O)N[C@H]1C(=O)C[C@@H](C)C(=O)NC2(CC2CC(C)F)C(=O)N[C@@H]([C@@H](C)CC)C(=O)O[C@H]1C)[C@@H](C)CC)[C@@H](C)CC)[C@@H](C)CC. The Kier molecular flexibility index (Phi) is 31.1. The van der Waals surface area contributed by atoms with Gasteiger partial charge in [0.05, 0.1) is 49.3 Å². The molecule has 2 fully saturated rings. The number of ketones is 4. The molecule has 0 radical (unpaired) electrons. The molecule has 4 rings (SSSR count). The number of benzene rings is 2. The van der Waals surface area contributed by atoms with E-state index in [-0.39, 0.29) is 37.5 Å². The summed E-state index contributed by atoms with van der Waals surface area (Å²) in [5, 5.41) is 37.6.